The molecule has 0 aromatic heterocycles. The second-order valence-corrected chi connectivity index (χ2v) is 4.72. The fourth-order valence-corrected chi connectivity index (χ4v) is 2.41. The summed E-state index contributed by atoms with van der Waals surface area (Å²) < 4.78 is 0. The second-order valence-electron chi connectivity index (χ2n) is 4.72. The summed E-state index contributed by atoms with van der Waals surface area (Å²) in [4.78, 5) is 11.0. The Kier molecular flexibility index (Phi) is 3.73. The normalized spacial score (nSPS) is 17.3. The van der Waals surface area contributed by atoms with Crippen LogP contribution in [0.2, 0.25) is 0 Å². The van der Waals surface area contributed by atoms with Gasteiger partial charge in [0.2, 0.25) is 0 Å². The summed E-state index contributed by atoms with van der Waals surface area (Å²) >= 11 is 0. The van der Waals surface area contributed by atoms with E-state index in [0.717, 1.165) is 42.8 Å². The molecule has 1 heterocycles. The van der Waals surface area contributed by atoms with Crippen molar-refractivity contribution in [1.29, 1.82) is 0 Å². The van der Waals surface area contributed by atoms with Gasteiger partial charge in [-0.1, -0.05) is 17.7 Å². The Bertz CT molecular complexity index is 367. The van der Waals surface area contributed by atoms with Crippen molar-refractivity contribution >= 4 is 6.29 Å². The van der Waals surface area contributed by atoms with Crippen LogP contribution in [0.1, 0.15) is 34.3 Å². The van der Waals surface area contributed by atoms with Crippen LogP contribution in [-0.4, -0.2) is 19.4 Å². The number of carbonyl (C=O) groups excluding carboxylic acids is 1. The van der Waals surface area contributed by atoms with Crippen LogP contribution in [0.3, 0.4) is 0 Å². The molecule has 0 unspecified atom stereocenters. The molecule has 86 valence electrons. The number of hydrogen-bond donors (Lipinski definition) is 1. The van der Waals surface area contributed by atoms with E-state index in [4.69, 9.17) is 0 Å². The Morgan fingerprint density at radius 1 is 1.38 bits per heavy atom. The van der Waals surface area contributed by atoms with E-state index in [1.807, 2.05) is 13.0 Å². The lowest BCUT2D eigenvalue weighted by Gasteiger charge is -2.23. The fraction of sp³-hybridized carbons (Fsp3) is 0.500. The van der Waals surface area contributed by atoms with Gasteiger partial charge in [0.1, 0.15) is 6.29 Å². The number of hydrogen-bond acceptors (Lipinski definition) is 2. The van der Waals surface area contributed by atoms with E-state index < -0.39 is 0 Å². The van der Waals surface area contributed by atoms with Gasteiger partial charge in [-0.25, -0.2) is 0 Å². The molecule has 16 heavy (non-hydrogen) atoms. The molecule has 1 saturated heterocycles. The number of aldehydes is 1. The Morgan fingerprint density at radius 2 is 2.12 bits per heavy atom. The van der Waals surface area contributed by atoms with Gasteiger partial charge in [0.25, 0.3) is 0 Å². The molecule has 0 amide bonds. The monoisotopic (exact) mass is 217 g/mol. The highest BCUT2D eigenvalue weighted by Gasteiger charge is 2.15. The first-order valence-corrected chi connectivity index (χ1v) is 6.05. The van der Waals surface area contributed by atoms with E-state index in [0.29, 0.717) is 0 Å². The number of nitrogens with one attached hydrogen (secondary N) is 1. The van der Waals surface area contributed by atoms with E-state index in [2.05, 4.69) is 17.4 Å². The van der Waals surface area contributed by atoms with Crippen molar-refractivity contribution in [3.05, 3.63) is 34.9 Å². The minimum Gasteiger partial charge on any atom is -0.317 e. The second kappa shape index (κ2) is 5.26. The zero-order chi connectivity index (χ0) is 11.4. The summed E-state index contributed by atoms with van der Waals surface area (Å²) in [6.07, 6.45) is 4.50. The lowest BCUT2D eigenvalue weighted by atomic mass is 9.89. The third-order valence-electron chi connectivity index (χ3n) is 3.40. The van der Waals surface area contributed by atoms with Gasteiger partial charge < -0.3 is 5.32 Å². The highest BCUT2D eigenvalue weighted by atomic mass is 16.1. The van der Waals surface area contributed by atoms with Crippen molar-refractivity contribution < 1.29 is 4.79 Å². The predicted octanol–water partition coefficient (Wildman–Crippen LogP) is 2.35. The molecule has 0 atom stereocenters. The maximum Gasteiger partial charge on any atom is 0.150 e. The molecule has 0 aliphatic carbocycles. The zero-order valence-electron chi connectivity index (χ0n) is 9.83. The first-order chi connectivity index (χ1) is 7.79. The first kappa shape index (κ1) is 11.3. The Balaban J connectivity index is 2.10. The van der Waals surface area contributed by atoms with Crippen LogP contribution in [0.15, 0.2) is 18.2 Å². The van der Waals surface area contributed by atoms with Gasteiger partial charge in [0.15, 0.2) is 0 Å². The van der Waals surface area contributed by atoms with Crippen LogP contribution >= 0.6 is 0 Å². The summed E-state index contributed by atoms with van der Waals surface area (Å²) in [6.45, 7) is 4.27. The molecule has 0 bridgehead atoms. The van der Waals surface area contributed by atoms with Crippen LogP contribution in [0.5, 0.6) is 0 Å². The highest BCUT2D eigenvalue weighted by molar-refractivity contribution is 5.77. The summed E-state index contributed by atoms with van der Waals surface area (Å²) in [7, 11) is 0. The zero-order valence-corrected chi connectivity index (χ0v) is 9.83. The standard InChI is InChI=1S/C14H19NO/c1-11-2-3-13(14(8-11)10-16)9-12-4-6-15-7-5-12/h2-3,8,10,12,15H,4-7,9H2,1H3. The molecule has 1 fully saturated rings. The number of benzene rings is 1. The average Bonchev–Trinajstić information content (AvgIpc) is 2.33. The van der Waals surface area contributed by atoms with Gasteiger partial charge in [-0.15, -0.1) is 0 Å². The SMILES string of the molecule is Cc1ccc(CC2CCNCC2)c(C=O)c1. The van der Waals surface area contributed by atoms with E-state index in [9.17, 15) is 4.79 Å². The highest BCUT2D eigenvalue weighted by Crippen LogP contribution is 2.20. The van der Waals surface area contributed by atoms with Crippen molar-refractivity contribution in [1.82, 2.24) is 5.32 Å². The minimum atomic E-state index is 0.739. The van der Waals surface area contributed by atoms with Crippen molar-refractivity contribution in [3.63, 3.8) is 0 Å². The Hall–Kier alpha value is -1.15. The molecule has 2 nitrogen and oxygen atoms in total. The van der Waals surface area contributed by atoms with Gasteiger partial charge in [0.05, 0.1) is 0 Å². The molecule has 1 N–H and O–H groups in total. The van der Waals surface area contributed by atoms with Crippen LogP contribution in [0.25, 0.3) is 0 Å². The minimum absolute atomic E-state index is 0.739. The molecule has 0 saturated carbocycles. The average molecular weight is 217 g/mol. The van der Waals surface area contributed by atoms with Gasteiger partial charge >= 0.3 is 0 Å². The Morgan fingerprint density at radius 3 is 2.81 bits per heavy atom. The first-order valence-electron chi connectivity index (χ1n) is 6.05. The molecule has 2 heteroatoms. The quantitative estimate of drug-likeness (QED) is 0.787. The topological polar surface area (TPSA) is 29.1 Å². The largest absolute Gasteiger partial charge is 0.317 e. The maximum absolute atomic E-state index is 11.0. The lowest BCUT2D eigenvalue weighted by molar-refractivity contribution is 0.112. The van der Waals surface area contributed by atoms with Gasteiger partial charge in [-0.05, 0) is 56.8 Å². The smallest absolute Gasteiger partial charge is 0.150 e. The van der Waals surface area contributed by atoms with E-state index >= 15 is 0 Å². The van der Waals surface area contributed by atoms with Crippen molar-refractivity contribution in [3.8, 4) is 0 Å². The summed E-state index contributed by atoms with van der Waals surface area (Å²) in [5, 5.41) is 3.37. The number of carbonyl (C=O) groups is 1. The van der Waals surface area contributed by atoms with E-state index in [1.54, 1.807) is 0 Å². The fourth-order valence-electron chi connectivity index (χ4n) is 2.41. The third kappa shape index (κ3) is 2.70. The maximum atomic E-state index is 11.0. The van der Waals surface area contributed by atoms with Crippen LogP contribution < -0.4 is 5.32 Å². The molecule has 1 aliphatic heterocycles. The van der Waals surface area contributed by atoms with Crippen LogP contribution in [-0.2, 0) is 6.42 Å². The van der Waals surface area contributed by atoms with Gasteiger partial charge in [0, 0.05) is 5.56 Å². The van der Waals surface area contributed by atoms with Crippen molar-refractivity contribution in [2.75, 3.05) is 13.1 Å². The van der Waals surface area contributed by atoms with Gasteiger partial charge in [-0.2, -0.15) is 0 Å². The molecular weight excluding hydrogens is 198 g/mol. The van der Waals surface area contributed by atoms with Crippen LogP contribution in [0, 0.1) is 12.8 Å². The van der Waals surface area contributed by atoms with Crippen molar-refractivity contribution in [2.24, 2.45) is 5.92 Å². The number of aryl methyl sites for hydroxylation is 1. The molecule has 1 aliphatic rings. The molecular formula is C14H19NO. The predicted molar refractivity (Wildman–Crippen MR) is 65.9 cm³/mol. The van der Waals surface area contributed by atoms with E-state index in [-0.39, 0.29) is 0 Å². The summed E-state index contributed by atoms with van der Waals surface area (Å²) in [5.41, 5.74) is 3.25. The number of piperidine rings is 1. The summed E-state index contributed by atoms with van der Waals surface area (Å²) in [5.74, 6) is 0.739. The molecule has 0 spiro atoms. The van der Waals surface area contributed by atoms with E-state index in [1.165, 1.54) is 18.4 Å². The molecule has 0 radical (unpaired) electrons. The van der Waals surface area contributed by atoms with Gasteiger partial charge in [-0.3, -0.25) is 4.79 Å². The molecule has 1 aromatic rings. The third-order valence-corrected chi connectivity index (χ3v) is 3.40. The lowest BCUT2D eigenvalue weighted by Crippen LogP contribution is -2.28. The molecule has 2 rings (SSSR count). The Labute approximate surface area is 97.1 Å². The molecule has 1 aromatic carbocycles. The van der Waals surface area contributed by atoms with Crippen molar-refractivity contribution in [2.45, 2.75) is 26.2 Å². The van der Waals surface area contributed by atoms with Crippen LogP contribution in [0.4, 0.5) is 0 Å². The number of rotatable bonds is 3. The summed E-state index contributed by atoms with van der Waals surface area (Å²) in [6, 6.07) is 6.20.